The Morgan fingerprint density at radius 3 is 2.82 bits per heavy atom. The van der Waals surface area contributed by atoms with E-state index in [0.29, 0.717) is 41.8 Å². The number of fused-ring (bicyclic) bond motifs is 1. The van der Waals surface area contributed by atoms with Crippen molar-refractivity contribution in [1.29, 1.82) is 0 Å². The zero-order valence-corrected chi connectivity index (χ0v) is 16.0. The van der Waals surface area contributed by atoms with Crippen LogP contribution < -0.4 is 25.4 Å². The van der Waals surface area contributed by atoms with Crippen LogP contribution in [0, 0.1) is 6.92 Å². The van der Waals surface area contributed by atoms with Crippen LogP contribution in [0.4, 0.5) is 22.2 Å². The molecule has 148 valence electrons. The predicted octanol–water partition coefficient (Wildman–Crippen LogP) is 1.61. The summed E-state index contributed by atoms with van der Waals surface area (Å²) in [4.78, 5) is 22.6. The van der Waals surface area contributed by atoms with Crippen molar-refractivity contribution in [2.75, 3.05) is 42.9 Å². The Balaban J connectivity index is 1.57. The molecule has 0 radical (unpaired) electrons. The molecule has 1 aliphatic rings. The van der Waals surface area contributed by atoms with Gasteiger partial charge in [0, 0.05) is 36.6 Å². The van der Waals surface area contributed by atoms with E-state index >= 15 is 0 Å². The van der Waals surface area contributed by atoms with Gasteiger partial charge >= 0.3 is 13.1 Å². The van der Waals surface area contributed by atoms with E-state index in [-0.39, 0.29) is 12.7 Å². The van der Waals surface area contributed by atoms with Gasteiger partial charge < -0.3 is 29.9 Å². The van der Waals surface area contributed by atoms with E-state index in [1.54, 1.807) is 35.9 Å². The number of hydrogen-bond acceptors (Lipinski definition) is 8. The molecule has 0 atom stereocenters. The summed E-state index contributed by atoms with van der Waals surface area (Å²) in [5.41, 5.74) is 1.27. The normalized spacial score (nSPS) is 12.0. The number of benzene rings is 1. The summed E-state index contributed by atoms with van der Waals surface area (Å²) in [5.74, 6) is 2.00. The molecule has 2 heterocycles. The largest absolute Gasteiger partial charge is 0.454 e. The highest BCUT2D eigenvalue weighted by Gasteiger charge is 2.15. The maximum absolute atomic E-state index is 12.3. The van der Waals surface area contributed by atoms with Crippen molar-refractivity contribution in [2.45, 2.75) is 13.7 Å². The van der Waals surface area contributed by atoms with E-state index in [0.717, 1.165) is 0 Å². The van der Waals surface area contributed by atoms with Crippen molar-refractivity contribution in [2.24, 2.45) is 0 Å². The molecule has 10 nitrogen and oxygen atoms in total. The average Bonchev–Trinajstić information content (AvgIpc) is 3.08. The van der Waals surface area contributed by atoms with Crippen molar-refractivity contribution in [3.8, 4) is 11.5 Å². The number of anilines is 3. The molecule has 1 aliphatic heterocycles. The molecule has 0 spiro atoms. The second kappa shape index (κ2) is 8.76. The highest BCUT2D eigenvalue weighted by molar-refractivity contribution is 6.45. The Morgan fingerprint density at radius 1 is 1.25 bits per heavy atom. The van der Waals surface area contributed by atoms with Gasteiger partial charge in [-0.3, -0.25) is 5.32 Å². The lowest BCUT2D eigenvalue weighted by Crippen LogP contribution is -2.36. The quantitative estimate of drug-likeness (QED) is 0.530. The maximum Gasteiger partial charge on any atom is 0.376 e. The topological polar surface area (TPSA) is 121 Å². The third-order valence-corrected chi connectivity index (χ3v) is 4.12. The van der Waals surface area contributed by atoms with Gasteiger partial charge in [0.05, 0.1) is 0 Å². The van der Waals surface area contributed by atoms with Crippen molar-refractivity contribution >= 4 is 30.5 Å². The molecule has 0 saturated carbocycles. The van der Waals surface area contributed by atoms with E-state index in [1.165, 1.54) is 0 Å². The van der Waals surface area contributed by atoms with Gasteiger partial charge in [-0.25, -0.2) is 9.78 Å². The number of nitrogens with zero attached hydrogens (tertiary/aromatic N) is 3. The van der Waals surface area contributed by atoms with E-state index in [4.69, 9.17) is 9.47 Å². The summed E-state index contributed by atoms with van der Waals surface area (Å²) in [7, 11) is 1.30. The minimum atomic E-state index is -0.522. The molecule has 0 unspecified atom stereocenters. The number of amides is 2. The fraction of sp³-hybridized carbons (Fsp3) is 0.353. The number of ether oxygens (including phenoxy) is 2. The lowest BCUT2D eigenvalue weighted by Gasteiger charge is -2.17. The maximum atomic E-state index is 12.3. The molecule has 0 fully saturated rings. The molecule has 28 heavy (non-hydrogen) atoms. The van der Waals surface area contributed by atoms with Crippen LogP contribution in [-0.4, -0.2) is 59.8 Å². The van der Waals surface area contributed by atoms with Crippen LogP contribution in [-0.2, 0) is 0 Å². The second-order valence-electron chi connectivity index (χ2n) is 6.40. The molecule has 11 heteroatoms. The number of likely N-dealkylation sites (N-methyl/N-ethyl adjacent to an activating group) is 1. The van der Waals surface area contributed by atoms with E-state index in [9.17, 15) is 9.82 Å². The number of carbonyl (C=O) groups excluding carboxylic acids is 1. The SMILES string of the molecule is CB(O)N(C)CCNc1cc(C)nc(NC(=O)Nc2ccc3c(c2)OCO3)n1. The molecular weight excluding hydrogens is 363 g/mol. The molecule has 0 saturated heterocycles. The van der Waals surface area contributed by atoms with Gasteiger partial charge in [0.25, 0.3) is 0 Å². The summed E-state index contributed by atoms with van der Waals surface area (Å²) in [6.45, 7) is 4.91. The first-order valence-corrected chi connectivity index (χ1v) is 8.86. The van der Waals surface area contributed by atoms with Gasteiger partial charge in [-0.2, -0.15) is 4.98 Å². The number of aryl methyl sites for hydroxylation is 1. The van der Waals surface area contributed by atoms with Gasteiger partial charge in [0.15, 0.2) is 11.5 Å². The number of hydrogen-bond donors (Lipinski definition) is 4. The van der Waals surface area contributed by atoms with Gasteiger partial charge in [-0.15, -0.1) is 0 Å². The first-order valence-electron chi connectivity index (χ1n) is 8.86. The third kappa shape index (κ3) is 5.24. The first kappa shape index (κ1) is 19.7. The van der Waals surface area contributed by atoms with Crippen molar-refractivity contribution in [1.82, 2.24) is 14.8 Å². The summed E-state index contributed by atoms with van der Waals surface area (Å²) < 4.78 is 10.5. The molecule has 2 amide bonds. The fourth-order valence-corrected chi connectivity index (χ4v) is 2.50. The molecular formula is C17H23BN6O4. The fourth-order valence-electron chi connectivity index (χ4n) is 2.50. The molecule has 2 aromatic rings. The first-order chi connectivity index (χ1) is 13.4. The molecule has 0 aliphatic carbocycles. The third-order valence-electron chi connectivity index (χ3n) is 4.12. The van der Waals surface area contributed by atoms with Gasteiger partial charge in [-0.1, -0.05) is 0 Å². The van der Waals surface area contributed by atoms with Crippen molar-refractivity contribution in [3.63, 3.8) is 0 Å². The van der Waals surface area contributed by atoms with Crippen LogP contribution >= 0.6 is 0 Å². The van der Waals surface area contributed by atoms with Crippen LogP contribution in [0.25, 0.3) is 0 Å². The highest BCUT2D eigenvalue weighted by atomic mass is 16.7. The summed E-state index contributed by atoms with van der Waals surface area (Å²) >= 11 is 0. The zero-order valence-electron chi connectivity index (χ0n) is 16.0. The van der Waals surface area contributed by atoms with Gasteiger partial charge in [0.2, 0.25) is 12.7 Å². The average molecular weight is 386 g/mol. The Morgan fingerprint density at radius 2 is 2.04 bits per heavy atom. The number of urea groups is 1. The Kier molecular flexibility index (Phi) is 6.17. The highest BCUT2D eigenvalue weighted by Crippen LogP contribution is 2.34. The van der Waals surface area contributed by atoms with Crippen molar-refractivity contribution < 1.29 is 19.3 Å². The minimum Gasteiger partial charge on any atom is -0.454 e. The van der Waals surface area contributed by atoms with Crippen LogP contribution in [0.3, 0.4) is 0 Å². The van der Waals surface area contributed by atoms with Crippen LogP contribution in [0.2, 0.25) is 6.82 Å². The second-order valence-corrected chi connectivity index (χ2v) is 6.40. The Labute approximate surface area is 163 Å². The van der Waals surface area contributed by atoms with E-state index in [2.05, 4.69) is 25.9 Å². The van der Waals surface area contributed by atoms with E-state index in [1.807, 2.05) is 14.0 Å². The Bertz CT molecular complexity index is 850. The monoisotopic (exact) mass is 386 g/mol. The molecule has 1 aromatic carbocycles. The van der Waals surface area contributed by atoms with Crippen LogP contribution in [0.15, 0.2) is 24.3 Å². The van der Waals surface area contributed by atoms with Crippen molar-refractivity contribution in [3.05, 3.63) is 30.0 Å². The minimum absolute atomic E-state index is 0.172. The van der Waals surface area contributed by atoms with Crippen LogP contribution in [0.1, 0.15) is 5.69 Å². The summed E-state index contributed by atoms with van der Waals surface area (Å²) in [5, 5.41) is 18.0. The number of carbonyl (C=O) groups is 1. The lowest BCUT2D eigenvalue weighted by atomic mass is 9.86. The molecule has 1 aromatic heterocycles. The number of aromatic nitrogens is 2. The smallest absolute Gasteiger partial charge is 0.376 e. The van der Waals surface area contributed by atoms with Gasteiger partial charge in [0.1, 0.15) is 5.82 Å². The molecule has 4 N–H and O–H groups in total. The summed E-state index contributed by atoms with van der Waals surface area (Å²) in [6, 6.07) is 6.45. The molecule has 3 rings (SSSR count). The molecule has 0 bridgehead atoms. The zero-order chi connectivity index (χ0) is 20.1. The standard InChI is InChI=1S/C17H23BN6O4/c1-11-8-15(19-6-7-24(3)18(2)26)22-16(20-11)23-17(25)21-12-4-5-13-14(9-12)28-10-27-13/h4-5,8-9,26H,6-7,10H2,1-3H3,(H3,19,20,21,22,23,25). The van der Waals surface area contributed by atoms with E-state index < -0.39 is 13.1 Å². The Hall–Kier alpha value is -3.05. The number of nitrogens with one attached hydrogen (secondary N) is 3. The lowest BCUT2D eigenvalue weighted by molar-refractivity contribution is 0.174. The predicted molar refractivity (Wildman–Crippen MR) is 107 cm³/mol. The summed E-state index contributed by atoms with van der Waals surface area (Å²) in [6.07, 6.45) is 0. The van der Waals surface area contributed by atoms with Crippen LogP contribution in [0.5, 0.6) is 11.5 Å². The van der Waals surface area contributed by atoms with Gasteiger partial charge in [-0.05, 0) is 32.9 Å². The number of rotatable bonds is 7.